The normalized spacial score (nSPS) is 10.3. The Morgan fingerprint density at radius 1 is 1.00 bits per heavy atom. The highest BCUT2D eigenvalue weighted by Gasteiger charge is 2.20. The average molecular weight is 311 g/mol. The Hall–Kier alpha value is -2.62. The highest BCUT2D eigenvalue weighted by Crippen LogP contribution is 2.13. The molecule has 0 aromatic heterocycles. The van der Waals surface area contributed by atoms with Gasteiger partial charge in [0.25, 0.3) is 5.91 Å². The van der Waals surface area contributed by atoms with Gasteiger partial charge in [-0.3, -0.25) is 9.59 Å². The lowest BCUT2D eigenvalue weighted by Gasteiger charge is -2.22. The molecule has 2 rings (SSSR count). The number of aryl methyl sites for hydroxylation is 1. The van der Waals surface area contributed by atoms with E-state index in [4.69, 9.17) is 5.11 Å². The molecule has 23 heavy (non-hydrogen) atoms. The minimum absolute atomic E-state index is 0.221. The summed E-state index contributed by atoms with van der Waals surface area (Å²) in [5.74, 6) is -1.22. The Balaban J connectivity index is 2.16. The van der Waals surface area contributed by atoms with Crippen LogP contribution in [-0.2, 0) is 17.6 Å². The predicted octanol–water partition coefficient (Wildman–Crippen LogP) is 3.02. The second kappa shape index (κ2) is 8.13. The summed E-state index contributed by atoms with van der Waals surface area (Å²) in [6, 6.07) is 17.1. The van der Waals surface area contributed by atoms with Crippen molar-refractivity contribution in [1.29, 1.82) is 0 Å². The van der Waals surface area contributed by atoms with Gasteiger partial charge in [0.15, 0.2) is 0 Å². The molecule has 0 saturated heterocycles. The van der Waals surface area contributed by atoms with Crippen LogP contribution in [-0.4, -0.2) is 35.0 Å². The van der Waals surface area contributed by atoms with E-state index in [1.165, 1.54) is 4.90 Å². The summed E-state index contributed by atoms with van der Waals surface area (Å²) < 4.78 is 0. The molecule has 0 fully saturated rings. The van der Waals surface area contributed by atoms with Crippen LogP contribution < -0.4 is 0 Å². The van der Waals surface area contributed by atoms with Gasteiger partial charge in [-0.05, 0) is 30.0 Å². The first-order valence-electron chi connectivity index (χ1n) is 7.74. The Bertz CT molecular complexity index is 667. The number of nitrogens with zero attached hydrogens (tertiary/aromatic N) is 1. The van der Waals surface area contributed by atoms with Crippen LogP contribution in [0.4, 0.5) is 0 Å². The van der Waals surface area contributed by atoms with Crippen molar-refractivity contribution < 1.29 is 14.7 Å². The van der Waals surface area contributed by atoms with E-state index in [2.05, 4.69) is 0 Å². The van der Waals surface area contributed by atoms with Crippen molar-refractivity contribution in [2.45, 2.75) is 19.8 Å². The quantitative estimate of drug-likeness (QED) is 0.855. The molecular weight excluding hydrogens is 290 g/mol. The number of amides is 1. The molecule has 0 aliphatic heterocycles. The molecule has 0 radical (unpaired) electrons. The summed E-state index contributed by atoms with van der Waals surface area (Å²) >= 11 is 0. The molecule has 0 heterocycles. The molecule has 2 aromatic carbocycles. The first-order valence-corrected chi connectivity index (χ1v) is 7.74. The molecule has 120 valence electrons. The molecule has 1 N–H and O–H groups in total. The molecule has 0 bridgehead atoms. The van der Waals surface area contributed by atoms with Gasteiger partial charge in [-0.2, -0.15) is 0 Å². The largest absolute Gasteiger partial charge is 0.480 e. The zero-order valence-corrected chi connectivity index (χ0v) is 13.2. The fraction of sp³-hybridized carbons (Fsp3) is 0.263. The summed E-state index contributed by atoms with van der Waals surface area (Å²) in [6.07, 6.45) is 1.37. The Morgan fingerprint density at radius 3 is 2.30 bits per heavy atom. The highest BCUT2D eigenvalue weighted by atomic mass is 16.4. The van der Waals surface area contributed by atoms with Gasteiger partial charge in [-0.25, -0.2) is 0 Å². The molecule has 4 nitrogen and oxygen atoms in total. The SMILES string of the molecule is CCc1ccccc1C(=O)N(CCc1ccccc1)CC(=O)O. The number of rotatable bonds is 7. The first kappa shape index (κ1) is 16.7. The third kappa shape index (κ3) is 4.68. The van der Waals surface area contributed by atoms with Crippen LogP contribution in [0.5, 0.6) is 0 Å². The van der Waals surface area contributed by atoms with Crippen LogP contribution in [0.3, 0.4) is 0 Å². The number of carboxylic acid groups (broad SMARTS) is 1. The molecule has 0 atom stereocenters. The molecule has 2 aromatic rings. The van der Waals surface area contributed by atoms with Crippen LogP contribution in [0.15, 0.2) is 54.6 Å². The van der Waals surface area contributed by atoms with Crippen LogP contribution >= 0.6 is 0 Å². The lowest BCUT2D eigenvalue weighted by molar-refractivity contribution is -0.137. The summed E-state index contributed by atoms with van der Waals surface area (Å²) in [6.45, 7) is 2.08. The second-order valence-electron chi connectivity index (χ2n) is 5.37. The van der Waals surface area contributed by atoms with E-state index in [0.29, 0.717) is 18.5 Å². The lowest BCUT2D eigenvalue weighted by Crippen LogP contribution is -2.37. The maximum absolute atomic E-state index is 12.7. The zero-order chi connectivity index (χ0) is 16.7. The average Bonchev–Trinajstić information content (AvgIpc) is 2.58. The van der Waals surface area contributed by atoms with E-state index < -0.39 is 5.97 Å². The number of carboxylic acids is 1. The van der Waals surface area contributed by atoms with Gasteiger partial charge in [0.1, 0.15) is 6.54 Å². The number of carbonyl (C=O) groups is 2. The van der Waals surface area contributed by atoms with Crippen LogP contribution in [0, 0.1) is 0 Å². The summed E-state index contributed by atoms with van der Waals surface area (Å²) in [7, 11) is 0. The molecule has 0 aliphatic rings. The van der Waals surface area contributed by atoms with E-state index in [1.807, 2.05) is 55.5 Å². The molecule has 0 saturated carbocycles. The van der Waals surface area contributed by atoms with Crippen molar-refractivity contribution in [3.63, 3.8) is 0 Å². The number of carbonyl (C=O) groups excluding carboxylic acids is 1. The van der Waals surface area contributed by atoms with Crippen molar-refractivity contribution in [3.8, 4) is 0 Å². The predicted molar refractivity (Wildman–Crippen MR) is 89.5 cm³/mol. The van der Waals surface area contributed by atoms with Crippen molar-refractivity contribution in [3.05, 3.63) is 71.3 Å². The minimum Gasteiger partial charge on any atom is -0.480 e. The van der Waals surface area contributed by atoms with E-state index >= 15 is 0 Å². The van der Waals surface area contributed by atoms with Gasteiger partial charge in [-0.15, -0.1) is 0 Å². The van der Waals surface area contributed by atoms with Gasteiger partial charge in [0.05, 0.1) is 0 Å². The van der Waals surface area contributed by atoms with Crippen molar-refractivity contribution >= 4 is 11.9 Å². The van der Waals surface area contributed by atoms with Gasteiger partial charge in [0.2, 0.25) is 0 Å². The third-order valence-electron chi connectivity index (χ3n) is 3.76. The van der Waals surface area contributed by atoms with Crippen molar-refractivity contribution in [2.24, 2.45) is 0 Å². The molecule has 0 spiro atoms. The van der Waals surface area contributed by atoms with Crippen molar-refractivity contribution in [1.82, 2.24) is 4.90 Å². The number of benzene rings is 2. The van der Waals surface area contributed by atoms with E-state index in [1.54, 1.807) is 6.07 Å². The fourth-order valence-electron chi connectivity index (χ4n) is 2.53. The maximum atomic E-state index is 12.7. The van der Waals surface area contributed by atoms with Gasteiger partial charge < -0.3 is 10.0 Å². The Kier molecular flexibility index (Phi) is 5.92. The van der Waals surface area contributed by atoms with Crippen LogP contribution in [0.2, 0.25) is 0 Å². The highest BCUT2D eigenvalue weighted by molar-refractivity contribution is 5.97. The van der Waals surface area contributed by atoms with Gasteiger partial charge in [-0.1, -0.05) is 55.5 Å². The van der Waals surface area contributed by atoms with E-state index in [-0.39, 0.29) is 12.5 Å². The zero-order valence-electron chi connectivity index (χ0n) is 13.2. The second-order valence-corrected chi connectivity index (χ2v) is 5.37. The standard InChI is InChI=1S/C19H21NO3/c1-2-16-10-6-7-11-17(16)19(23)20(14-18(21)22)13-12-15-8-4-3-5-9-15/h3-11H,2,12-14H2,1H3,(H,21,22). The molecule has 0 unspecified atom stereocenters. The smallest absolute Gasteiger partial charge is 0.323 e. The third-order valence-corrected chi connectivity index (χ3v) is 3.76. The summed E-state index contributed by atoms with van der Waals surface area (Å²) in [5.41, 5.74) is 2.61. The maximum Gasteiger partial charge on any atom is 0.323 e. The number of aliphatic carboxylic acids is 1. The Morgan fingerprint density at radius 2 is 1.65 bits per heavy atom. The van der Waals surface area contributed by atoms with E-state index in [9.17, 15) is 9.59 Å². The minimum atomic E-state index is -1.000. The van der Waals surface area contributed by atoms with Crippen LogP contribution in [0.1, 0.15) is 28.4 Å². The van der Waals surface area contributed by atoms with E-state index in [0.717, 1.165) is 17.5 Å². The van der Waals surface area contributed by atoms with Gasteiger partial charge >= 0.3 is 5.97 Å². The van der Waals surface area contributed by atoms with Gasteiger partial charge in [0, 0.05) is 12.1 Å². The summed E-state index contributed by atoms with van der Waals surface area (Å²) in [5, 5.41) is 9.11. The van der Waals surface area contributed by atoms with Crippen LogP contribution in [0.25, 0.3) is 0 Å². The fourth-order valence-corrected chi connectivity index (χ4v) is 2.53. The lowest BCUT2D eigenvalue weighted by atomic mass is 10.0. The topological polar surface area (TPSA) is 57.6 Å². The Labute approximate surface area is 136 Å². The molecule has 1 amide bonds. The molecule has 0 aliphatic carbocycles. The van der Waals surface area contributed by atoms with Crippen molar-refractivity contribution in [2.75, 3.05) is 13.1 Å². The monoisotopic (exact) mass is 311 g/mol. The molecule has 4 heteroatoms. The number of hydrogen-bond acceptors (Lipinski definition) is 2. The molecular formula is C19H21NO3. The first-order chi connectivity index (χ1) is 11.1. The summed E-state index contributed by atoms with van der Waals surface area (Å²) in [4.78, 5) is 25.3. The number of hydrogen-bond donors (Lipinski definition) is 1.